The Labute approximate surface area is 117 Å². The summed E-state index contributed by atoms with van der Waals surface area (Å²) >= 11 is 5.82. The van der Waals surface area contributed by atoms with E-state index >= 15 is 0 Å². The van der Waals surface area contributed by atoms with E-state index in [1.807, 2.05) is 19.1 Å². The highest BCUT2D eigenvalue weighted by molar-refractivity contribution is 6.30. The molecule has 6 heteroatoms. The van der Waals surface area contributed by atoms with Crippen LogP contribution in [-0.2, 0) is 4.79 Å². The maximum Gasteiger partial charge on any atom is 0.321 e. The number of carbonyl (C=O) groups is 2. The van der Waals surface area contributed by atoms with Gasteiger partial charge in [0.1, 0.15) is 0 Å². The average molecular weight is 284 g/mol. The average Bonchev–Trinajstić information content (AvgIpc) is 2.38. The molecule has 1 aromatic rings. The fourth-order valence-electron chi connectivity index (χ4n) is 1.58. The van der Waals surface area contributed by atoms with Crippen LogP contribution in [-0.4, -0.2) is 25.0 Å². The van der Waals surface area contributed by atoms with Gasteiger partial charge in [-0.2, -0.15) is 0 Å². The van der Waals surface area contributed by atoms with Crippen LogP contribution in [0.3, 0.4) is 0 Å². The second-order valence-electron chi connectivity index (χ2n) is 4.23. The van der Waals surface area contributed by atoms with E-state index in [0.717, 1.165) is 5.56 Å². The topological polar surface area (TPSA) is 70.2 Å². The third kappa shape index (κ3) is 4.89. The predicted octanol–water partition coefficient (Wildman–Crippen LogP) is 1.83. The summed E-state index contributed by atoms with van der Waals surface area (Å²) in [5, 5.41) is 8.33. The van der Waals surface area contributed by atoms with Gasteiger partial charge in [-0.25, -0.2) is 4.79 Å². The highest BCUT2D eigenvalue weighted by Crippen LogP contribution is 2.16. The number of hydrogen-bond acceptors (Lipinski definition) is 3. The number of rotatable bonds is 4. The molecule has 0 fully saturated rings. The number of halogens is 1. The lowest BCUT2D eigenvalue weighted by Gasteiger charge is -2.19. The zero-order valence-electron chi connectivity index (χ0n) is 11.2. The van der Waals surface area contributed by atoms with Crippen LogP contribution in [0.15, 0.2) is 24.3 Å². The van der Waals surface area contributed by atoms with Crippen LogP contribution in [0.5, 0.6) is 0 Å². The summed E-state index contributed by atoms with van der Waals surface area (Å²) in [6.07, 6.45) is 0. The molecule has 0 spiro atoms. The molecule has 3 N–H and O–H groups in total. The molecular weight excluding hydrogens is 266 g/mol. The summed E-state index contributed by atoms with van der Waals surface area (Å²) in [6, 6.07) is 6.35. The van der Waals surface area contributed by atoms with Gasteiger partial charge in [-0.15, -0.1) is 0 Å². The number of nitrogens with one attached hydrogen (secondary N) is 3. The molecule has 3 amide bonds. The fraction of sp³-hybridized carbons (Fsp3) is 0.385. The summed E-state index contributed by atoms with van der Waals surface area (Å²) in [5.74, 6) is -0.375. The quantitative estimate of drug-likeness (QED) is 0.790. The Balaban J connectivity index is 2.56. The second kappa shape index (κ2) is 7.11. The van der Waals surface area contributed by atoms with Crippen LogP contribution >= 0.6 is 11.6 Å². The van der Waals surface area contributed by atoms with Gasteiger partial charge in [-0.1, -0.05) is 23.7 Å². The highest BCUT2D eigenvalue weighted by Gasteiger charge is 2.17. The van der Waals surface area contributed by atoms with E-state index in [9.17, 15) is 9.59 Å². The fourth-order valence-corrected chi connectivity index (χ4v) is 1.71. The van der Waals surface area contributed by atoms with Crippen molar-refractivity contribution < 1.29 is 9.59 Å². The third-order valence-corrected chi connectivity index (χ3v) is 2.98. The number of amides is 3. The molecule has 5 nitrogen and oxygen atoms in total. The van der Waals surface area contributed by atoms with E-state index in [4.69, 9.17) is 11.6 Å². The number of benzene rings is 1. The van der Waals surface area contributed by atoms with Crippen molar-refractivity contribution in [2.24, 2.45) is 0 Å². The SMILES string of the molecule is CNC(=O)NC(=O)[C@@H](C)N[C@@H](C)c1ccc(Cl)cc1. The van der Waals surface area contributed by atoms with Gasteiger partial charge in [0.2, 0.25) is 5.91 Å². The molecule has 2 atom stereocenters. The van der Waals surface area contributed by atoms with E-state index in [1.165, 1.54) is 7.05 Å². The van der Waals surface area contributed by atoms with E-state index in [1.54, 1.807) is 19.1 Å². The molecule has 0 saturated carbocycles. The van der Waals surface area contributed by atoms with Gasteiger partial charge < -0.3 is 5.32 Å². The van der Waals surface area contributed by atoms with Crippen LogP contribution in [0.4, 0.5) is 4.79 Å². The van der Waals surface area contributed by atoms with Crippen molar-refractivity contribution in [2.45, 2.75) is 25.9 Å². The first-order valence-corrected chi connectivity index (χ1v) is 6.36. The number of carbonyl (C=O) groups excluding carboxylic acids is 2. The zero-order chi connectivity index (χ0) is 14.4. The van der Waals surface area contributed by atoms with E-state index < -0.39 is 12.1 Å². The van der Waals surface area contributed by atoms with Gasteiger partial charge in [-0.05, 0) is 31.5 Å². The molecule has 0 saturated heterocycles. The molecule has 0 aliphatic heterocycles. The summed E-state index contributed by atoms with van der Waals surface area (Å²) in [5.41, 5.74) is 1.02. The van der Waals surface area contributed by atoms with Gasteiger partial charge >= 0.3 is 6.03 Å². The molecule has 0 heterocycles. The first kappa shape index (κ1) is 15.5. The second-order valence-corrected chi connectivity index (χ2v) is 4.67. The molecule has 104 valence electrons. The van der Waals surface area contributed by atoms with Crippen molar-refractivity contribution in [3.05, 3.63) is 34.9 Å². The molecule has 0 bridgehead atoms. The Kier molecular flexibility index (Phi) is 5.79. The van der Waals surface area contributed by atoms with Crippen LogP contribution in [0.1, 0.15) is 25.5 Å². The largest absolute Gasteiger partial charge is 0.341 e. The van der Waals surface area contributed by atoms with Gasteiger partial charge in [0.25, 0.3) is 0 Å². The Hall–Kier alpha value is -1.59. The molecule has 0 radical (unpaired) electrons. The first-order chi connectivity index (χ1) is 8.93. The lowest BCUT2D eigenvalue weighted by Crippen LogP contribution is -2.47. The molecule has 19 heavy (non-hydrogen) atoms. The lowest BCUT2D eigenvalue weighted by atomic mass is 10.1. The number of imide groups is 1. The molecule has 0 aromatic heterocycles. The predicted molar refractivity (Wildman–Crippen MR) is 75.1 cm³/mol. The van der Waals surface area contributed by atoms with Crippen molar-refractivity contribution >= 4 is 23.5 Å². The molecule has 1 aromatic carbocycles. The Morgan fingerprint density at radius 2 is 1.74 bits per heavy atom. The highest BCUT2D eigenvalue weighted by atomic mass is 35.5. The van der Waals surface area contributed by atoms with E-state index in [2.05, 4.69) is 16.0 Å². The molecule has 0 aliphatic rings. The lowest BCUT2D eigenvalue weighted by molar-refractivity contribution is -0.121. The van der Waals surface area contributed by atoms with Crippen molar-refractivity contribution in [2.75, 3.05) is 7.05 Å². The van der Waals surface area contributed by atoms with Crippen molar-refractivity contribution in [3.8, 4) is 0 Å². The summed E-state index contributed by atoms with van der Waals surface area (Å²) < 4.78 is 0. The normalized spacial score (nSPS) is 13.5. The van der Waals surface area contributed by atoms with Crippen LogP contribution < -0.4 is 16.0 Å². The summed E-state index contributed by atoms with van der Waals surface area (Å²) in [7, 11) is 1.46. The van der Waals surface area contributed by atoms with E-state index in [-0.39, 0.29) is 11.9 Å². The maximum atomic E-state index is 11.7. The summed E-state index contributed by atoms with van der Waals surface area (Å²) in [4.78, 5) is 22.7. The molecule has 1 rings (SSSR count). The van der Waals surface area contributed by atoms with Gasteiger partial charge in [0.05, 0.1) is 6.04 Å². The van der Waals surface area contributed by atoms with E-state index in [0.29, 0.717) is 5.02 Å². The van der Waals surface area contributed by atoms with Crippen molar-refractivity contribution in [1.29, 1.82) is 0 Å². The van der Waals surface area contributed by atoms with Gasteiger partial charge in [0, 0.05) is 18.1 Å². The van der Waals surface area contributed by atoms with Crippen LogP contribution in [0.2, 0.25) is 5.02 Å². The number of hydrogen-bond donors (Lipinski definition) is 3. The van der Waals surface area contributed by atoms with Crippen LogP contribution in [0, 0.1) is 0 Å². The minimum atomic E-state index is -0.516. The monoisotopic (exact) mass is 283 g/mol. The zero-order valence-corrected chi connectivity index (χ0v) is 11.9. The minimum absolute atomic E-state index is 0.0253. The Bertz CT molecular complexity index is 448. The summed E-state index contributed by atoms with van der Waals surface area (Å²) in [6.45, 7) is 3.64. The maximum absolute atomic E-state index is 11.7. The standard InChI is InChI=1S/C13H18ClN3O2/c1-8(10-4-6-11(14)7-5-10)16-9(2)12(18)17-13(19)15-3/h4-9,16H,1-3H3,(H2,15,17,18,19)/t8-,9+/m0/s1. The van der Waals surface area contributed by atoms with Gasteiger partial charge in [0.15, 0.2) is 0 Å². The van der Waals surface area contributed by atoms with Crippen molar-refractivity contribution in [1.82, 2.24) is 16.0 Å². The third-order valence-electron chi connectivity index (χ3n) is 2.73. The minimum Gasteiger partial charge on any atom is -0.341 e. The Morgan fingerprint density at radius 1 is 1.16 bits per heavy atom. The smallest absolute Gasteiger partial charge is 0.321 e. The number of urea groups is 1. The molecule has 0 aliphatic carbocycles. The van der Waals surface area contributed by atoms with Crippen LogP contribution in [0.25, 0.3) is 0 Å². The van der Waals surface area contributed by atoms with Crippen molar-refractivity contribution in [3.63, 3.8) is 0 Å². The van der Waals surface area contributed by atoms with Gasteiger partial charge in [-0.3, -0.25) is 15.4 Å². The first-order valence-electron chi connectivity index (χ1n) is 5.98. The Morgan fingerprint density at radius 3 is 2.26 bits per heavy atom. The molecular formula is C13H18ClN3O2. The molecule has 0 unspecified atom stereocenters.